The van der Waals surface area contributed by atoms with E-state index in [0.717, 1.165) is 6.07 Å². The first-order valence-corrected chi connectivity index (χ1v) is 14.7. The number of nitrogens with one attached hydrogen (secondary N) is 2. The number of nitrogen functional groups attached to an aromatic ring is 1. The molecule has 0 saturated carbocycles. The van der Waals surface area contributed by atoms with Gasteiger partial charge in [0.1, 0.15) is 5.75 Å². The van der Waals surface area contributed by atoms with Crippen LogP contribution in [0.4, 0.5) is 16.0 Å². The van der Waals surface area contributed by atoms with Crippen molar-refractivity contribution in [3.8, 4) is 22.9 Å². The molecule has 5 rings (SSSR count). The number of nitrogens with two attached hydrogens (primary N) is 1. The van der Waals surface area contributed by atoms with Crippen molar-refractivity contribution in [3.05, 3.63) is 89.5 Å². The van der Waals surface area contributed by atoms with Gasteiger partial charge in [0.15, 0.2) is 5.82 Å². The molecule has 0 bridgehead atoms. The second-order valence-corrected chi connectivity index (χ2v) is 11.1. The number of piperidine rings is 1. The molecule has 11 heteroatoms. The molecule has 0 amide bonds. The monoisotopic (exact) mass is 564 g/mol. The summed E-state index contributed by atoms with van der Waals surface area (Å²) in [7, 11) is -3.84. The summed E-state index contributed by atoms with van der Waals surface area (Å²) in [6, 6.07) is 14.9. The number of benzene rings is 2. The molecule has 2 aromatic heterocycles. The molecule has 40 heavy (non-hydrogen) atoms. The zero-order chi connectivity index (χ0) is 28.5. The summed E-state index contributed by atoms with van der Waals surface area (Å²) in [5.74, 6) is -0.553. The van der Waals surface area contributed by atoms with Crippen molar-refractivity contribution in [1.29, 1.82) is 0 Å². The first kappa shape index (κ1) is 28.9. The van der Waals surface area contributed by atoms with E-state index < -0.39 is 15.8 Å². The quantitative estimate of drug-likeness (QED) is 0.273. The molecule has 1 aliphatic rings. The number of sulfonamides is 1. The first-order valence-electron chi connectivity index (χ1n) is 13.0. The van der Waals surface area contributed by atoms with Gasteiger partial charge < -0.3 is 15.8 Å². The van der Waals surface area contributed by atoms with Crippen LogP contribution in [0.25, 0.3) is 11.3 Å². The number of hydrogen-bond acceptors (Lipinski definition) is 8. The molecule has 0 radical (unpaired) electrons. The van der Waals surface area contributed by atoms with Gasteiger partial charge in [0.25, 0.3) is 0 Å². The minimum absolute atomic E-state index is 0.0949. The maximum absolute atomic E-state index is 15.1. The number of aromatic nitrogens is 3. The van der Waals surface area contributed by atoms with Crippen LogP contribution >= 0.6 is 0 Å². The largest absolute Gasteiger partial charge is 0.438 e. The third-order valence-corrected chi connectivity index (χ3v) is 7.62. The Morgan fingerprint density at radius 1 is 0.975 bits per heavy atom. The Labute approximate surface area is 234 Å². The Kier molecular flexibility index (Phi) is 9.62. The van der Waals surface area contributed by atoms with Gasteiger partial charge in [-0.25, -0.2) is 27.8 Å². The van der Waals surface area contributed by atoms with E-state index in [9.17, 15) is 8.42 Å². The van der Waals surface area contributed by atoms with Crippen LogP contribution in [0.3, 0.4) is 0 Å². The van der Waals surface area contributed by atoms with E-state index in [1.165, 1.54) is 44.7 Å². The summed E-state index contributed by atoms with van der Waals surface area (Å²) in [4.78, 5) is 12.3. The number of pyridine rings is 1. The normalized spacial score (nSPS) is 13.2. The zero-order valence-electron chi connectivity index (χ0n) is 22.5. The predicted molar refractivity (Wildman–Crippen MR) is 155 cm³/mol. The summed E-state index contributed by atoms with van der Waals surface area (Å²) in [5.41, 5.74) is 8.16. The molecular weight excluding hydrogens is 531 g/mol. The van der Waals surface area contributed by atoms with Crippen molar-refractivity contribution in [1.82, 2.24) is 20.3 Å². The van der Waals surface area contributed by atoms with E-state index >= 15 is 4.39 Å². The van der Waals surface area contributed by atoms with Gasteiger partial charge in [-0.2, -0.15) is 0 Å². The Morgan fingerprint density at radius 3 is 2.38 bits per heavy atom. The van der Waals surface area contributed by atoms with Crippen molar-refractivity contribution in [3.63, 3.8) is 0 Å². The minimum Gasteiger partial charge on any atom is -0.438 e. The average molecular weight is 565 g/mol. The Hall–Kier alpha value is -4.09. The van der Waals surface area contributed by atoms with Gasteiger partial charge in [0.05, 0.1) is 22.7 Å². The standard InChI is InChI=1S/C24H22FN5O3S.C5H11N/c1-15-16(2)22(30-34(31,32)14-17-7-4-3-5-8-17)19(25)13-21(15)33-23-18(9-6-11-27-23)20-10-12-28-24(26)29-20;1-2-4-6-5-3-1/h3-13,30H,14H2,1-2H3,(H2,26,28,29);6H,1-5H2. The number of ether oxygens (including phenoxy) is 1. The summed E-state index contributed by atoms with van der Waals surface area (Å²) < 4.78 is 48.7. The van der Waals surface area contributed by atoms with Crippen molar-refractivity contribution in [2.24, 2.45) is 0 Å². The lowest BCUT2D eigenvalue weighted by Gasteiger charge is -2.17. The molecule has 0 aliphatic carbocycles. The smallest absolute Gasteiger partial charge is 0.237 e. The Balaban J connectivity index is 0.000000546. The third-order valence-electron chi connectivity index (χ3n) is 6.40. The molecule has 3 heterocycles. The van der Waals surface area contributed by atoms with Crippen molar-refractivity contribution in [2.75, 3.05) is 23.5 Å². The first-order chi connectivity index (χ1) is 19.2. The molecule has 1 aliphatic heterocycles. The Morgan fingerprint density at radius 2 is 1.73 bits per heavy atom. The molecule has 4 N–H and O–H groups in total. The number of anilines is 2. The van der Waals surface area contributed by atoms with Crippen LogP contribution < -0.4 is 20.5 Å². The highest BCUT2D eigenvalue weighted by atomic mass is 32.2. The fraction of sp³-hybridized carbons (Fsp3) is 0.276. The van der Waals surface area contributed by atoms with Crippen molar-refractivity contribution < 1.29 is 17.5 Å². The maximum atomic E-state index is 15.1. The molecule has 2 aromatic carbocycles. The SMILES string of the molecule is C1CCNCC1.Cc1c(Oc2ncccc2-c2ccnc(N)n2)cc(F)c(NS(=O)(=O)Cc2ccccc2)c1C. The van der Waals surface area contributed by atoms with E-state index in [1.54, 1.807) is 62.4 Å². The third kappa shape index (κ3) is 7.73. The highest BCUT2D eigenvalue weighted by molar-refractivity contribution is 7.91. The van der Waals surface area contributed by atoms with Crippen LogP contribution in [-0.2, 0) is 15.8 Å². The lowest BCUT2D eigenvalue weighted by atomic mass is 10.1. The molecule has 1 saturated heterocycles. The van der Waals surface area contributed by atoms with E-state index in [1.807, 2.05) is 0 Å². The lowest BCUT2D eigenvalue weighted by Crippen LogP contribution is -2.21. The maximum Gasteiger partial charge on any atom is 0.237 e. The Bertz CT molecular complexity index is 1540. The van der Waals surface area contributed by atoms with Gasteiger partial charge in [-0.3, -0.25) is 4.72 Å². The highest BCUT2D eigenvalue weighted by Crippen LogP contribution is 2.36. The minimum atomic E-state index is -3.84. The van der Waals surface area contributed by atoms with Gasteiger partial charge in [-0.05, 0) is 74.7 Å². The molecule has 0 spiro atoms. The predicted octanol–water partition coefficient (Wildman–Crippen LogP) is 5.37. The fourth-order valence-corrected chi connectivity index (χ4v) is 5.43. The number of halogens is 1. The topological polar surface area (TPSA) is 132 Å². The fourth-order valence-electron chi connectivity index (χ4n) is 4.16. The van der Waals surface area contributed by atoms with Crippen LogP contribution in [0.15, 0.2) is 67.0 Å². The lowest BCUT2D eigenvalue weighted by molar-refractivity contribution is 0.456. The number of rotatable bonds is 7. The molecule has 0 atom stereocenters. The average Bonchev–Trinajstić information content (AvgIpc) is 2.96. The second kappa shape index (κ2) is 13.3. The second-order valence-electron chi connectivity index (χ2n) is 9.40. The van der Waals surface area contributed by atoms with Gasteiger partial charge in [0.2, 0.25) is 21.9 Å². The van der Waals surface area contributed by atoms with E-state index in [-0.39, 0.29) is 29.0 Å². The summed E-state index contributed by atoms with van der Waals surface area (Å²) in [5, 5.41) is 3.28. The molecule has 4 aromatic rings. The van der Waals surface area contributed by atoms with E-state index in [0.29, 0.717) is 27.9 Å². The van der Waals surface area contributed by atoms with Crippen molar-refractivity contribution in [2.45, 2.75) is 38.9 Å². The van der Waals surface area contributed by atoms with Crippen LogP contribution in [0.1, 0.15) is 36.0 Å². The number of hydrogen-bond donors (Lipinski definition) is 3. The zero-order valence-corrected chi connectivity index (χ0v) is 23.3. The van der Waals surface area contributed by atoms with Gasteiger partial charge >= 0.3 is 0 Å². The van der Waals surface area contributed by atoms with Gasteiger partial charge in [0, 0.05) is 18.5 Å². The molecule has 9 nitrogen and oxygen atoms in total. The molecular formula is C29H33FN6O3S. The van der Waals surface area contributed by atoms with Crippen LogP contribution in [-0.4, -0.2) is 36.5 Å². The summed E-state index contributed by atoms with van der Waals surface area (Å²) >= 11 is 0. The molecule has 0 unspecified atom stereocenters. The molecule has 210 valence electrons. The van der Waals surface area contributed by atoms with Crippen LogP contribution in [0.2, 0.25) is 0 Å². The van der Waals surface area contributed by atoms with Gasteiger partial charge in [-0.15, -0.1) is 0 Å². The van der Waals surface area contributed by atoms with Crippen molar-refractivity contribution >= 4 is 21.7 Å². The van der Waals surface area contributed by atoms with Crippen LogP contribution in [0, 0.1) is 19.7 Å². The van der Waals surface area contributed by atoms with E-state index in [4.69, 9.17) is 10.5 Å². The molecule has 1 fully saturated rings. The van der Waals surface area contributed by atoms with Gasteiger partial charge in [-0.1, -0.05) is 36.8 Å². The summed E-state index contributed by atoms with van der Waals surface area (Å²) in [6.07, 6.45) is 7.26. The van der Waals surface area contributed by atoms with E-state index in [2.05, 4.69) is 25.0 Å². The number of nitrogens with zero attached hydrogens (tertiary/aromatic N) is 3. The van der Waals surface area contributed by atoms with Crippen LogP contribution in [0.5, 0.6) is 11.6 Å². The highest BCUT2D eigenvalue weighted by Gasteiger charge is 2.21. The summed E-state index contributed by atoms with van der Waals surface area (Å²) in [6.45, 7) is 5.83.